The van der Waals surface area contributed by atoms with Crippen LogP contribution >= 0.6 is 0 Å². The minimum absolute atomic E-state index is 0.223. The molecule has 1 aliphatic heterocycles. The normalized spacial score (nSPS) is 28.5. The van der Waals surface area contributed by atoms with Crippen LogP contribution in [0.5, 0.6) is 0 Å². The molecule has 1 aliphatic rings. The highest BCUT2D eigenvalue weighted by atomic mass is 16.6. The highest BCUT2D eigenvalue weighted by Crippen LogP contribution is 2.06. The van der Waals surface area contributed by atoms with Crippen molar-refractivity contribution < 1.29 is 9.94 Å². The molecule has 0 saturated carbocycles. The Balaban J connectivity index is 2.18. The van der Waals surface area contributed by atoms with Gasteiger partial charge in [0, 0.05) is 12.6 Å². The third kappa shape index (κ3) is 3.64. The fourth-order valence-corrected chi connectivity index (χ4v) is 1.26. The molecule has 0 aromatic rings. The van der Waals surface area contributed by atoms with Gasteiger partial charge in [0.15, 0.2) is 0 Å². The van der Waals surface area contributed by atoms with Gasteiger partial charge in [-0.25, -0.2) is 0 Å². The van der Waals surface area contributed by atoms with Gasteiger partial charge in [0.25, 0.3) is 0 Å². The van der Waals surface area contributed by atoms with Crippen LogP contribution in [0.25, 0.3) is 0 Å². The molecule has 0 bridgehead atoms. The summed E-state index contributed by atoms with van der Waals surface area (Å²) in [6.07, 6.45) is 0.537. The molecular formula is C10H20N2O2. The Labute approximate surface area is 85.3 Å². The van der Waals surface area contributed by atoms with Gasteiger partial charge in [-0.3, -0.25) is 0 Å². The van der Waals surface area contributed by atoms with E-state index in [1.807, 2.05) is 6.92 Å². The monoisotopic (exact) mass is 200 g/mol. The van der Waals surface area contributed by atoms with Crippen LogP contribution in [-0.2, 0) is 4.84 Å². The van der Waals surface area contributed by atoms with E-state index < -0.39 is 0 Å². The quantitative estimate of drug-likeness (QED) is 0.520. The van der Waals surface area contributed by atoms with E-state index in [4.69, 9.17) is 4.84 Å². The molecule has 2 N–H and O–H groups in total. The maximum atomic E-state index is 9.24. The molecule has 0 aliphatic carbocycles. The van der Waals surface area contributed by atoms with Gasteiger partial charge in [0.1, 0.15) is 6.61 Å². The smallest absolute Gasteiger partial charge is 0.132 e. The Morgan fingerprint density at radius 1 is 1.64 bits per heavy atom. The first-order valence-corrected chi connectivity index (χ1v) is 5.17. The van der Waals surface area contributed by atoms with Crippen LogP contribution in [-0.4, -0.2) is 36.1 Å². The fraction of sp³-hybridized carbons (Fsp3) is 0.900. The van der Waals surface area contributed by atoms with Crippen molar-refractivity contribution in [2.75, 3.05) is 13.2 Å². The lowest BCUT2D eigenvalue weighted by Gasteiger charge is -2.09. The van der Waals surface area contributed by atoms with Crippen LogP contribution in [0.2, 0.25) is 0 Å². The van der Waals surface area contributed by atoms with Gasteiger partial charge in [-0.2, -0.15) is 0 Å². The van der Waals surface area contributed by atoms with Crippen molar-refractivity contribution >= 4 is 5.71 Å². The molecular weight excluding hydrogens is 180 g/mol. The first-order valence-electron chi connectivity index (χ1n) is 5.17. The molecule has 1 heterocycles. The van der Waals surface area contributed by atoms with E-state index in [2.05, 4.69) is 24.3 Å². The van der Waals surface area contributed by atoms with E-state index in [9.17, 15) is 5.11 Å². The highest BCUT2D eigenvalue weighted by molar-refractivity contribution is 5.83. The first-order chi connectivity index (χ1) is 6.59. The van der Waals surface area contributed by atoms with Gasteiger partial charge in [0.2, 0.25) is 0 Å². The lowest BCUT2D eigenvalue weighted by atomic mass is 10.1. The summed E-state index contributed by atoms with van der Waals surface area (Å²) in [7, 11) is 0. The second-order valence-electron chi connectivity index (χ2n) is 4.18. The van der Waals surface area contributed by atoms with E-state index in [0.717, 1.165) is 12.1 Å². The van der Waals surface area contributed by atoms with Gasteiger partial charge < -0.3 is 15.3 Å². The number of nitrogens with zero attached hydrogens (tertiary/aromatic N) is 1. The van der Waals surface area contributed by atoms with Crippen LogP contribution in [0.15, 0.2) is 5.16 Å². The van der Waals surface area contributed by atoms with Crippen molar-refractivity contribution in [1.82, 2.24) is 5.32 Å². The van der Waals surface area contributed by atoms with Gasteiger partial charge in [-0.05, 0) is 19.3 Å². The maximum Gasteiger partial charge on any atom is 0.132 e. The lowest BCUT2D eigenvalue weighted by molar-refractivity contribution is 0.117. The van der Waals surface area contributed by atoms with Gasteiger partial charge >= 0.3 is 0 Å². The number of aliphatic hydroxyl groups excluding tert-OH is 1. The predicted octanol–water partition coefficient (Wildman–Crippen LogP) is 0.758. The van der Waals surface area contributed by atoms with E-state index in [0.29, 0.717) is 19.1 Å². The van der Waals surface area contributed by atoms with Gasteiger partial charge in [-0.1, -0.05) is 19.0 Å². The van der Waals surface area contributed by atoms with Crippen molar-refractivity contribution in [2.24, 2.45) is 11.1 Å². The van der Waals surface area contributed by atoms with Crippen LogP contribution in [0.1, 0.15) is 27.2 Å². The number of oxime groups is 1. The second kappa shape index (κ2) is 5.32. The zero-order valence-electron chi connectivity index (χ0n) is 9.16. The minimum atomic E-state index is -0.223. The Morgan fingerprint density at radius 2 is 2.36 bits per heavy atom. The van der Waals surface area contributed by atoms with E-state index in [1.54, 1.807) is 0 Å². The number of aliphatic hydroxyl groups is 1. The zero-order chi connectivity index (χ0) is 10.6. The maximum absolute atomic E-state index is 9.24. The number of hydrogen-bond donors (Lipinski definition) is 2. The summed E-state index contributed by atoms with van der Waals surface area (Å²) in [6.45, 7) is 7.34. The molecule has 0 spiro atoms. The lowest BCUT2D eigenvalue weighted by Crippen LogP contribution is -2.26. The number of hydrogen-bond acceptors (Lipinski definition) is 4. The summed E-state index contributed by atoms with van der Waals surface area (Å²) in [5.74, 6) is 0.428. The number of rotatable bonds is 4. The van der Waals surface area contributed by atoms with Crippen LogP contribution in [0.4, 0.5) is 0 Å². The number of β-amino-alcohol motifs (C(OH)–C–C–N with tert-alkyl or cyclic N) is 1. The summed E-state index contributed by atoms with van der Waals surface area (Å²) in [4.78, 5) is 5.20. The molecule has 4 heteroatoms. The summed E-state index contributed by atoms with van der Waals surface area (Å²) < 4.78 is 0. The summed E-state index contributed by atoms with van der Waals surface area (Å²) in [6, 6.07) is 0.244. The summed E-state index contributed by atoms with van der Waals surface area (Å²) >= 11 is 0. The van der Waals surface area contributed by atoms with E-state index >= 15 is 0 Å². The predicted molar refractivity (Wildman–Crippen MR) is 56.3 cm³/mol. The average molecular weight is 200 g/mol. The molecule has 1 fully saturated rings. The number of nitrogens with one attached hydrogen (secondary N) is 1. The highest BCUT2D eigenvalue weighted by Gasteiger charge is 2.22. The van der Waals surface area contributed by atoms with Gasteiger partial charge in [-0.15, -0.1) is 0 Å². The van der Waals surface area contributed by atoms with E-state index in [1.165, 1.54) is 0 Å². The zero-order valence-corrected chi connectivity index (χ0v) is 9.16. The SMILES string of the molecule is C/C(=N\OC[C@@H]1C[C@H](O)CN1)C(C)C. The standard InChI is InChI=1S/C10H20N2O2/c1-7(2)8(3)12-14-6-9-4-10(13)5-11-9/h7,9-11,13H,4-6H2,1-3H3/b12-8+/t9-,10-/m0/s1. The second-order valence-corrected chi connectivity index (χ2v) is 4.18. The largest absolute Gasteiger partial charge is 0.394 e. The molecule has 1 saturated heterocycles. The van der Waals surface area contributed by atoms with Crippen molar-refractivity contribution in [2.45, 2.75) is 39.3 Å². The first kappa shape index (κ1) is 11.5. The molecule has 14 heavy (non-hydrogen) atoms. The molecule has 82 valence electrons. The fourth-order valence-electron chi connectivity index (χ4n) is 1.26. The van der Waals surface area contributed by atoms with E-state index in [-0.39, 0.29) is 12.1 Å². The molecule has 0 aromatic carbocycles. The topological polar surface area (TPSA) is 53.9 Å². The van der Waals surface area contributed by atoms with Crippen LogP contribution < -0.4 is 5.32 Å². The third-order valence-corrected chi connectivity index (χ3v) is 2.52. The molecule has 4 nitrogen and oxygen atoms in total. The average Bonchev–Trinajstić information content (AvgIpc) is 2.51. The Kier molecular flexibility index (Phi) is 4.35. The van der Waals surface area contributed by atoms with Crippen molar-refractivity contribution in [3.8, 4) is 0 Å². The molecule has 1 rings (SSSR count). The van der Waals surface area contributed by atoms with Crippen molar-refractivity contribution in [3.63, 3.8) is 0 Å². The molecule has 0 amide bonds. The molecule has 2 atom stereocenters. The molecule has 0 unspecified atom stereocenters. The van der Waals surface area contributed by atoms with Gasteiger partial charge in [0.05, 0.1) is 11.8 Å². The third-order valence-electron chi connectivity index (χ3n) is 2.52. The van der Waals surface area contributed by atoms with Crippen molar-refractivity contribution in [1.29, 1.82) is 0 Å². The van der Waals surface area contributed by atoms with Crippen LogP contribution in [0.3, 0.4) is 0 Å². The Morgan fingerprint density at radius 3 is 2.86 bits per heavy atom. The Hall–Kier alpha value is -0.610. The Bertz CT molecular complexity index is 204. The van der Waals surface area contributed by atoms with Crippen molar-refractivity contribution in [3.05, 3.63) is 0 Å². The summed E-state index contributed by atoms with van der Waals surface area (Å²) in [5, 5.41) is 16.4. The summed E-state index contributed by atoms with van der Waals surface area (Å²) in [5.41, 5.74) is 1.00. The van der Waals surface area contributed by atoms with Crippen LogP contribution in [0, 0.1) is 5.92 Å². The molecule has 0 radical (unpaired) electrons. The minimum Gasteiger partial charge on any atom is -0.394 e. The molecule has 0 aromatic heterocycles.